The molecule has 0 unspecified atom stereocenters. The lowest BCUT2D eigenvalue weighted by molar-refractivity contribution is 0.0524. The molecule has 172 valence electrons. The number of aryl methyl sites for hydroxylation is 1. The average molecular weight is 449 g/mol. The number of hydrogen-bond donors (Lipinski definition) is 4. The van der Waals surface area contributed by atoms with E-state index in [0.717, 1.165) is 33.6 Å². The van der Waals surface area contributed by atoms with E-state index in [9.17, 15) is 10.2 Å². The second-order valence-corrected chi connectivity index (χ2v) is 8.51. The van der Waals surface area contributed by atoms with Crippen molar-refractivity contribution in [3.63, 3.8) is 0 Å². The standard InChI is InChI=1S/C24H28N6O3/c1-14-9-27-23-19(33-2)5-3-15(22(14)23)10-26-20-11-25-17-4-6-21(29-24(17)28-20)30-8-7-18(32)16(12-30)13-31/h3-6,9,11,16,18,27,31-32H,7-8,10,12-13H2,1-2H3,(H,26,28,29)/t16-,18-/m0/s1. The van der Waals surface area contributed by atoms with E-state index in [1.807, 2.05) is 24.4 Å². The van der Waals surface area contributed by atoms with Crippen LogP contribution in [0.2, 0.25) is 0 Å². The Morgan fingerprint density at radius 2 is 2.12 bits per heavy atom. The minimum atomic E-state index is -0.476. The second kappa shape index (κ2) is 8.84. The Morgan fingerprint density at radius 3 is 2.94 bits per heavy atom. The molecule has 5 rings (SSSR count). The Balaban J connectivity index is 1.38. The number of hydrogen-bond acceptors (Lipinski definition) is 8. The van der Waals surface area contributed by atoms with E-state index in [-0.39, 0.29) is 12.5 Å². The van der Waals surface area contributed by atoms with Gasteiger partial charge in [-0.25, -0.2) is 15.0 Å². The van der Waals surface area contributed by atoms with Gasteiger partial charge in [-0.15, -0.1) is 0 Å². The summed E-state index contributed by atoms with van der Waals surface area (Å²) in [5.41, 5.74) is 4.55. The van der Waals surface area contributed by atoms with Gasteiger partial charge in [0.25, 0.3) is 0 Å². The Bertz CT molecular complexity index is 1290. The first-order valence-electron chi connectivity index (χ1n) is 11.1. The number of aromatic nitrogens is 4. The van der Waals surface area contributed by atoms with Crippen molar-refractivity contribution in [2.75, 3.05) is 37.0 Å². The van der Waals surface area contributed by atoms with Gasteiger partial charge in [0.05, 0.1) is 31.5 Å². The molecule has 0 amide bonds. The molecule has 0 aliphatic carbocycles. The third-order valence-corrected chi connectivity index (χ3v) is 6.41. The van der Waals surface area contributed by atoms with Crippen LogP contribution in [0, 0.1) is 12.8 Å². The zero-order chi connectivity index (χ0) is 22.9. The molecule has 1 aromatic carbocycles. The first-order chi connectivity index (χ1) is 16.1. The molecule has 1 aliphatic heterocycles. The van der Waals surface area contributed by atoms with E-state index in [1.165, 1.54) is 0 Å². The van der Waals surface area contributed by atoms with Gasteiger partial charge in [-0.1, -0.05) is 6.07 Å². The van der Waals surface area contributed by atoms with Gasteiger partial charge >= 0.3 is 0 Å². The summed E-state index contributed by atoms with van der Waals surface area (Å²) in [7, 11) is 1.67. The topological polar surface area (TPSA) is 119 Å². The number of rotatable bonds is 6. The lowest BCUT2D eigenvalue weighted by atomic mass is 9.95. The summed E-state index contributed by atoms with van der Waals surface area (Å²) in [6.45, 7) is 3.86. The molecule has 0 spiro atoms. The van der Waals surface area contributed by atoms with Crippen LogP contribution in [-0.2, 0) is 6.54 Å². The van der Waals surface area contributed by atoms with Crippen LogP contribution >= 0.6 is 0 Å². The van der Waals surface area contributed by atoms with E-state index < -0.39 is 6.10 Å². The summed E-state index contributed by atoms with van der Waals surface area (Å²) in [6, 6.07) is 7.84. The fourth-order valence-electron chi connectivity index (χ4n) is 4.53. The third kappa shape index (κ3) is 4.05. The number of anilines is 2. The van der Waals surface area contributed by atoms with Crippen LogP contribution in [0.15, 0.2) is 36.7 Å². The molecule has 2 atom stereocenters. The maximum atomic E-state index is 10.0. The van der Waals surface area contributed by atoms with Gasteiger partial charge in [-0.2, -0.15) is 0 Å². The molecule has 0 radical (unpaired) electrons. The van der Waals surface area contributed by atoms with Crippen molar-refractivity contribution in [2.24, 2.45) is 5.92 Å². The highest BCUT2D eigenvalue weighted by Crippen LogP contribution is 2.30. The highest BCUT2D eigenvalue weighted by atomic mass is 16.5. The first kappa shape index (κ1) is 21.4. The van der Waals surface area contributed by atoms with Crippen LogP contribution in [-0.4, -0.2) is 63.1 Å². The average Bonchev–Trinajstić information content (AvgIpc) is 3.24. The van der Waals surface area contributed by atoms with Crippen molar-refractivity contribution >= 4 is 33.7 Å². The molecule has 4 aromatic rings. The van der Waals surface area contributed by atoms with Crippen LogP contribution < -0.4 is 15.0 Å². The number of pyridine rings is 1. The SMILES string of the molecule is COc1ccc(CNc2cnc3ccc(N4CC[C@H](O)[C@H](CO)C4)nc3n2)c2c(C)c[nH]c12. The zero-order valence-electron chi connectivity index (χ0n) is 18.7. The summed E-state index contributed by atoms with van der Waals surface area (Å²) in [6.07, 6.45) is 3.83. The number of fused-ring (bicyclic) bond motifs is 2. The Hall–Kier alpha value is -3.43. The molecule has 1 aliphatic rings. The van der Waals surface area contributed by atoms with Crippen molar-refractivity contribution in [2.45, 2.75) is 26.0 Å². The molecular formula is C24H28N6O3. The lowest BCUT2D eigenvalue weighted by Gasteiger charge is -2.36. The van der Waals surface area contributed by atoms with Gasteiger partial charge in [-0.3, -0.25) is 0 Å². The first-order valence-corrected chi connectivity index (χ1v) is 11.1. The van der Waals surface area contributed by atoms with Gasteiger partial charge in [0.1, 0.15) is 22.9 Å². The normalized spacial score (nSPS) is 18.7. The van der Waals surface area contributed by atoms with Gasteiger partial charge in [0.15, 0.2) is 5.65 Å². The molecule has 1 saturated heterocycles. The van der Waals surface area contributed by atoms with Crippen molar-refractivity contribution in [1.82, 2.24) is 19.9 Å². The number of aliphatic hydroxyl groups excluding tert-OH is 2. The van der Waals surface area contributed by atoms with Crippen LogP contribution in [0.5, 0.6) is 5.75 Å². The smallest absolute Gasteiger partial charge is 0.182 e. The van der Waals surface area contributed by atoms with Crippen molar-refractivity contribution < 1.29 is 14.9 Å². The van der Waals surface area contributed by atoms with Gasteiger partial charge in [-0.05, 0) is 42.7 Å². The fraction of sp³-hybridized carbons (Fsp3) is 0.375. The summed E-state index contributed by atoms with van der Waals surface area (Å²) in [5.74, 6) is 2.07. The van der Waals surface area contributed by atoms with Crippen molar-refractivity contribution in [1.29, 1.82) is 0 Å². The summed E-state index contributed by atoms with van der Waals surface area (Å²) in [4.78, 5) is 19.3. The van der Waals surface area contributed by atoms with E-state index in [4.69, 9.17) is 9.72 Å². The van der Waals surface area contributed by atoms with Gasteiger partial charge in [0.2, 0.25) is 0 Å². The molecule has 9 nitrogen and oxygen atoms in total. The molecule has 33 heavy (non-hydrogen) atoms. The van der Waals surface area contributed by atoms with Crippen LogP contribution in [0.1, 0.15) is 17.5 Å². The number of methoxy groups -OCH3 is 1. The Morgan fingerprint density at radius 1 is 1.24 bits per heavy atom. The number of ether oxygens (including phenoxy) is 1. The number of aromatic amines is 1. The van der Waals surface area contributed by atoms with Gasteiger partial charge < -0.3 is 30.2 Å². The molecule has 4 heterocycles. The molecule has 9 heteroatoms. The predicted octanol–water partition coefficient (Wildman–Crippen LogP) is 2.61. The summed E-state index contributed by atoms with van der Waals surface area (Å²) in [5, 5.41) is 24.1. The molecule has 3 aromatic heterocycles. The maximum absolute atomic E-state index is 10.0. The lowest BCUT2D eigenvalue weighted by Crippen LogP contribution is -2.45. The number of nitrogens with zero attached hydrogens (tertiary/aromatic N) is 4. The zero-order valence-corrected chi connectivity index (χ0v) is 18.7. The molecule has 0 bridgehead atoms. The number of benzene rings is 1. The van der Waals surface area contributed by atoms with Crippen molar-refractivity contribution in [3.8, 4) is 5.75 Å². The largest absolute Gasteiger partial charge is 0.495 e. The number of piperidine rings is 1. The van der Waals surface area contributed by atoms with E-state index >= 15 is 0 Å². The quantitative estimate of drug-likeness (QED) is 0.355. The number of aliphatic hydroxyl groups is 2. The molecule has 1 fully saturated rings. The summed E-state index contributed by atoms with van der Waals surface area (Å²) >= 11 is 0. The molecular weight excluding hydrogens is 420 g/mol. The third-order valence-electron chi connectivity index (χ3n) is 6.41. The fourth-order valence-corrected chi connectivity index (χ4v) is 4.53. The van der Waals surface area contributed by atoms with Crippen LogP contribution in [0.4, 0.5) is 11.6 Å². The Kier molecular flexibility index (Phi) is 5.74. The van der Waals surface area contributed by atoms with Crippen molar-refractivity contribution in [3.05, 3.63) is 47.8 Å². The summed E-state index contributed by atoms with van der Waals surface area (Å²) < 4.78 is 5.47. The second-order valence-electron chi connectivity index (χ2n) is 8.51. The highest BCUT2D eigenvalue weighted by molar-refractivity contribution is 5.91. The van der Waals surface area contributed by atoms with E-state index in [2.05, 4.69) is 38.2 Å². The van der Waals surface area contributed by atoms with Crippen LogP contribution in [0.25, 0.3) is 22.1 Å². The monoisotopic (exact) mass is 448 g/mol. The number of H-pyrrole nitrogens is 1. The minimum absolute atomic E-state index is 0.0433. The predicted molar refractivity (Wildman–Crippen MR) is 128 cm³/mol. The van der Waals surface area contributed by atoms with E-state index in [1.54, 1.807) is 13.3 Å². The maximum Gasteiger partial charge on any atom is 0.182 e. The van der Waals surface area contributed by atoms with E-state index in [0.29, 0.717) is 43.0 Å². The van der Waals surface area contributed by atoms with Crippen LogP contribution in [0.3, 0.4) is 0 Å². The highest BCUT2D eigenvalue weighted by Gasteiger charge is 2.28. The Labute approximate surface area is 191 Å². The molecule has 4 N–H and O–H groups in total. The van der Waals surface area contributed by atoms with Gasteiger partial charge in [0, 0.05) is 37.1 Å². The molecule has 0 saturated carbocycles. The number of nitrogens with one attached hydrogen (secondary N) is 2. The minimum Gasteiger partial charge on any atom is -0.495 e.